The number of rotatable bonds is 7. The average molecular weight is 242 g/mol. The molecule has 17 heavy (non-hydrogen) atoms. The number of aromatic carboxylic acids is 1. The molecule has 0 aliphatic rings. The molecule has 2 N–H and O–H groups in total. The predicted octanol–water partition coefficient (Wildman–Crippen LogP) is 1.26. The SMILES string of the molecule is O=C(O)c1cc([N+](=O)[O-])cn1CCCCCO. The number of hydrogen-bond acceptors (Lipinski definition) is 4. The molecule has 1 rings (SSSR count). The Hall–Kier alpha value is -1.89. The van der Waals surface area contributed by atoms with E-state index in [1.54, 1.807) is 0 Å². The van der Waals surface area contributed by atoms with Gasteiger partial charge in [0.15, 0.2) is 0 Å². The summed E-state index contributed by atoms with van der Waals surface area (Å²) in [5, 5.41) is 28.0. The molecule has 1 aromatic heterocycles. The van der Waals surface area contributed by atoms with Gasteiger partial charge in [0, 0.05) is 19.2 Å². The predicted molar refractivity (Wildman–Crippen MR) is 59.0 cm³/mol. The fraction of sp³-hybridized carbons (Fsp3) is 0.500. The van der Waals surface area contributed by atoms with Gasteiger partial charge in [0.2, 0.25) is 0 Å². The van der Waals surface area contributed by atoms with Crippen molar-refractivity contribution in [2.24, 2.45) is 0 Å². The standard InChI is InChI=1S/C10H14N2O5/c13-5-3-1-2-4-11-7-8(12(16)17)6-9(11)10(14)15/h6-7,13H,1-5H2,(H,14,15). The van der Waals surface area contributed by atoms with Crippen molar-refractivity contribution in [2.75, 3.05) is 6.61 Å². The summed E-state index contributed by atoms with van der Waals surface area (Å²) in [6.45, 7) is 0.493. The van der Waals surface area contributed by atoms with E-state index in [0.717, 1.165) is 12.5 Å². The number of aryl methyl sites for hydroxylation is 1. The lowest BCUT2D eigenvalue weighted by Gasteiger charge is -2.04. The summed E-state index contributed by atoms with van der Waals surface area (Å²) in [4.78, 5) is 20.8. The van der Waals surface area contributed by atoms with Crippen molar-refractivity contribution >= 4 is 11.7 Å². The van der Waals surface area contributed by atoms with Crippen LogP contribution in [0.15, 0.2) is 12.3 Å². The van der Waals surface area contributed by atoms with Gasteiger partial charge in [-0.05, 0) is 19.3 Å². The lowest BCUT2D eigenvalue weighted by atomic mass is 10.2. The van der Waals surface area contributed by atoms with E-state index in [1.807, 2.05) is 0 Å². The first-order chi connectivity index (χ1) is 8.06. The smallest absolute Gasteiger partial charge is 0.352 e. The molecule has 0 spiro atoms. The number of unbranched alkanes of at least 4 members (excludes halogenated alkanes) is 2. The van der Waals surface area contributed by atoms with Crippen LogP contribution in [-0.2, 0) is 6.54 Å². The molecule has 0 amide bonds. The zero-order valence-electron chi connectivity index (χ0n) is 9.20. The molecule has 0 unspecified atom stereocenters. The van der Waals surface area contributed by atoms with E-state index in [0.29, 0.717) is 19.4 Å². The second-order valence-corrected chi connectivity index (χ2v) is 3.62. The van der Waals surface area contributed by atoms with Gasteiger partial charge in [-0.25, -0.2) is 4.79 Å². The van der Waals surface area contributed by atoms with E-state index in [-0.39, 0.29) is 18.0 Å². The Morgan fingerprint density at radius 1 is 1.41 bits per heavy atom. The molecule has 1 aromatic rings. The molecular weight excluding hydrogens is 228 g/mol. The fourth-order valence-electron chi connectivity index (χ4n) is 1.53. The average Bonchev–Trinajstić information content (AvgIpc) is 2.68. The molecule has 7 heteroatoms. The van der Waals surface area contributed by atoms with Crippen molar-refractivity contribution in [2.45, 2.75) is 25.8 Å². The van der Waals surface area contributed by atoms with Crippen LogP contribution >= 0.6 is 0 Å². The van der Waals surface area contributed by atoms with E-state index in [2.05, 4.69) is 0 Å². The van der Waals surface area contributed by atoms with Gasteiger partial charge in [-0.2, -0.15) is 0 Å². The van der Waals surface area contributed by atoms with Crippen LogP contribution in [0.25, 0.3) is 0 Å². The van der Waals surface area contributed by atoms with Crippen LogP contribution in [0.5, 0.6) is 0 Å². The lowest BCUT2D eigenvalue weighted by Crippen LogP contribution is -2.07. The summed E-state index contributed by atoms with van der Waals surface area (Å²) >= 11 is 0. The van der Waals surface area contributed by atoms with Crippen LogP contribution in [0.2, 0.25) is 0 Å². The Labute approximate surface area is 97.4 Å². The van der Waals surface area contributed by atoms with Crippen molar-refractivity contribution in [1.29, 1.82) is 0 Å². The summed E-state index contributed by atoms with van der Waals surface area (Å²) in [6, 6.07) is 1.05. The largest absolute Gasteiger partial charge is 0.477 e. The Morgan fingerprint density at radius 3 is 2.65 bits per heavy atom. The minimum atomic E-state index is -1.18. The quantitative estimate of drug-likeness (QED) is 0.425. The summed E-state index contributed by atoms with van der Waals surface area (Å²) in [5.41, 5.74) is -0.301. The van der Waals surface area contributed by atoms with Crippen molar-refractivity contribution in [3.8, 4) is 0 Å². The first kappa shape index (κ1) is 13.2. The van der Waals surface area contributed by atoms with E-state index < -0.39 is 10.9 Å². The molecule has 0 aliphatic carbocycles. The number of carbonyl (C=O) groups is 1. The number of aromatic nitrogens is 1. The Bertz CT molecular complexity index is 413. The van der Waals surface area contributed by atoms with Crippen LogP contribution in [0.1, 0.15) is 29.8 Å². The van der Waals surface area contributed by atoms with Crippen molar-refractivity contribution in [3.05, 3.63) is 28.1 Å². The van der Waals surface area contributed by atoms with Crippen LogP contribution in [0.3, 0.4) is 0 Å². The highest BCUT2D eigenvalue weighted by atomic mass is 16.6. The van der Waals surface area contributed by atoms with Gasteiger partial charge < -0.3 is 14.8 Å². The number of carboxylic acids is 1. The Morgan fingerprint density at radius 2 is 2.12 bits per heavy atom. The van der Waals surface area contributed by atoms with Gasteiger partial charge in [-0.1, -0.05) is 0 Å². The number of nitro groups is 1. The molecule has 7 nitrogen and oxygen atoms in total. The van der Waals surface area contributed by atoms with Gasteiger partial charge in [-0.15, -0.1) is 0 Å². The molecule has 0 fully saturated rings. The number of hydrogen-bond donors (Lipinski definition) is 2. The third-order valence-corrected chi connectivity index (χ3v) is 2.37. The maximum Gasteiger partial charge on any atom is 0.352 e. The first-order valence-corrected chi connectivity index (χ1v) is 5.25. The number of carboxylic acid groups (broad SMARTS) is 1. The lowest BCUT2D eigenvalue weighted by molar-refractivity contribution is -0.384. The molecule has 0 aliphatic heterocycles. The Balaban J connectivity index is 2.74. The van der Waals surface area contributed by atoms with Gasteiger partial charge in [0.25, 0.3) is 5.69 Å². The highest BCUT2D eigenvalue weighted by Crippen LogP contribution is 2.17. The molecule has 0 saturated heterocycles. The van der Waals surface area contributed by atoms with Crippen molar-refractivity contribution in [3.63, 3.8) is 0 Å². The van der Waals surface area contributed by atoms with Crippen LogP contribution < -0.4 is 0 Å². The van der Waals surface area contributed by atoms with Crippen LogP contribution in [0, 0.1) is 10.1 Å². The molecule has 0 saturated carbocycles. The van der Waals surface area contributed by atoms with E-state index in [4.69, 9.17) is 10.2 Å². The zero-order chi connectivity index (χ0) is 12.8. The monoisotopic (exact) mass is 242 g/mol. The third-order valence-electron chi connectivity index (χ3n) is 2.37. The number of nitrogens with zero attached hydrogens (tertiary/aromatic N) is 2. The number of aliphatic hydroxyl groups excluding tert-OH is 1. The highest BCUT2D eigenvalue weighted by Gasteiger charge is 2.18. The van der Waals surface area contributed by atoms with Gasteiger partial charge in [0.1, 0.15) is 5.69 Å². The minimum absolute atomic E-state index is 0.0827. The van der Waals surface area contributed by atoms with Gasteiger partial charge in [0.05, 0.1) is 11.1 Å². The molecule has 1 heterocycles. The molecule has 94 valence electrons. The molecular formula is C10H14N2O5. The first-order valence-electron chi connectivity index (χ1n) is 5.25. The summed E-state index contributed by atoms with van der Waals surface area (Å²) in [6.07, 6.45) is 3.29. The van der Waals surface area contributed by atoms with Gasteiger partial charge >= 0.3 is 5.97 Å². The second-order valence-electron chi connectivity index (χ2n) is 3.62. The van der Waals surface area contributed by atoms with Crippen LogP contribution in [-0.4, -0.2) is 32.3 Å². The summed E-state index contributed by atoms with van der Waals surface area (Å²) in [7, 11) is 0. The molecule has 0 atom stereocenters. The third kappa shape index (κ3) is 3.56. The topological polar surface area (TPSA) is 106 Å². The molecule has 0 bridgehead atoms. The van der Waals surface area contributed by atoms with Crippen molar-refractivity contribution < 1.29 is 19.9 Å². The fourth-order valence-corrected chi connectivity index (χ4v) is 1.53. The molecule has 0 aromatic carbocycles. The molecule has 0 radical (unpaired) electrons. The Kier molecular flexibility index (Phi) is 4.65. The van der Waals surface area contributed by atoms with E-state index >= 15 is 0 Å². The van der Waals surface area contributed by atoms with E-state index in [1.165, 1.54) is 10.8 Å². The summed E-state index contributed by atoms with van der Waals surface area (Å²) in [5.74, 6) is -1.18. The van der Waals surface area contributed by atoms with Crippen LogP contribution in [0.4, 0.5) is 5.69 Å². The number of aliphatic hydroxyl groups is 1. The second kappa shape index (κ2) is 6.00. The van der Waals surface area contributed by atoms with E-state index in [9.17, 15) is 14.9 Å². The van der Waals surface area contributed by atoms with Crippen molar-refractivity contribution in [1.82, 2.24) is 4.57 Å². The summed E-state index contributed by atoms with van der Waals surface area (Å²) < 4.78 is 1.36. The normalized spacial score (nSPS) is 10.4. The minimum Gasteiger partial charge on any atom is -0.477 e. The maximum absolute atomic E-state index is 10.9. The zero-order valence-corrected chi connectivity index (χ0v) is 9.20. The van der Waals surface area contributed by atoms with Gasteiger partial charge in [-0.3, -0.25) is 10.1 Å². The highest BCUT2D eigenvalue weighted by molar-refractivity contribution is 5.86. The maximum atomic E-state index is 10.9.